The van der Waals surface area contributed by atoms with Gasteiger partial charge in [0.2, 0.25) is 5.91 Å². The highest BCUT2D eigenvalue weighted by molar-refractivity contribution is 7.93. The first-order valence-electron chi connectivity index (χ1n) is 9.31. The molecule has 1 amide bonds. The summed E-state index contributed by atoms with van der Waals surface area (Å²) in [6, 6.07) is 3.79. The SMILES string of the molecule is CC(C)CCC(=O)N1CC2(C1)[C@H](COCc1cccnc1)CCS2(=O)=O. The molecule has 3 heterocycles. The summed E-state index contributed by atoms with van der Waals surface area (Å²) in [5, 5.41) is 0. The molecule has 0 saturated carbocycles. The molecule has 1 aromatic heterocycles. The fourth-order valence-electron chi connectivity index (χ4n) is 3.86. The molecule has 0 aromatic carbocycles. The number of nitrogens with zero attached hydrogens (tertiary/aromatic N) is 2. The Morgan fingerprint density at radius 1 is 1.42 bits per heavy atom. The van der Waals surface area contributed by atoms with Gasteiger partial charge in [0.05, 0.1) is 19.0 Å². The lowest BCUT2D eigenvalue weighted by molar-refractivity contribution is -0.138. The van der Waals surface area contributed by atoms with E-state index in [0.717, 1.165) is 12.0 Å². The van der Waals surface area contributed by atoms with Gasteiger partial charge in [0.25, 0.3) is 0 Å². The molecule has 0 N–H and O–H groups in total. The van der Waals surface area contributed by atoms with Crippen molar-refractivity contribution in [2.45, 2.75) is 44.5 Å². The van der Waals surface area contributed by atoms with Gasteiger partial charge in [-0.1, -0.05) is 19.9 Å². The molecular weight excluding hydrogens is 352 g/mol. The highest BCUT2D eigenvalue weighted by Crippen LogP contribution is 2.45. The molecule has 0 radical (unpaired) electrons. The van der Waals surface area contributed by atoms with Gasteiger partial charge in [0.1, 0.15) is 4.75 Å². The minimum Gasteiger partial charge on any atom is -0.376 e. The monoisotopic (exact) mass is 380 g/mol. The van der Waals surface area contributed by atoms with E-state index in [1.54, 1.807) is 17.3 Å². The number of hydrogen-bond acceptors (Lipinski definition) is 5. The van der Waals surface area contributed by atoms with E-state index in [9.17, 15) is 13.2 Å². The molecular formula is C19H28N2O4S. The average molecular weight is 381 g/mol. The number of hydrogen-bond donors (Lipinski definition) is 0. The normalized spacial score (nSPS) is 23.3. The van der Waals surface area contributed by atoms with E-state index >= 15 is 0 Å². The summed E-state index contributed by atoms with van der Waals surface area (Å²) in [7, 11) is -3.18. The summed E-state index contributed by atoms with van der Waals surface area (Å²) in [5.74, 6) is 0.694. The Balaban J connectivity index is 1.57. The van der Waals surface area contributed by atoms with E-state index < -0.39 is 14.6 Å². The van der Waals surface area contributed by atoms with Gasteiger partial charge in [0.15, 0.2) is 9.84 Å². The summed E-state index contributed by atoms with van der Waals surface area (Å²) in [5.41, 5.74) is 0.974. The molecule has 0 aliphatic carbocycles. The summed E-state index contributed by atoms with van der Waals surface area (Å²) < 4.78 is 30.3. The third-order valence-electron chi connectivity index (χ3n) is 5.61. The van der Waals surface area contributed by atoms with E-state index in [1.165, 1.54) is 0 Å². The van der Waals surface area contributed by atoms with Gasteiger partial charge in [-0.15, -0.1) is 0 Å². The van der Waals surface area contributed by atoms with Gasteiger partial charge in [-0.05, 0) is 30.4 Å². The van der Waals surface area contributed by atoms with Gasteiger partial charge in [-0.2, -0.15) is 0 Å². The van der Waals surface area contributed by atoms with Gasteiger partial charge < -0.3 is 9.64 Å². The van der Waals surface area contributed by atoms with Crippen molar-refractivity contribution >= 4 is 15.7 Å². The number of ether oxygens (including phenoxy) is 1. The van der Waals surface area contributed by atoms with Crippen LogP contribution in [0.3, 0.4) is 0 Å². The maximum atomic E-state index is 12.6. The second-order valence-corrected chi connectivity index (χ2v) is 10.4. The Bertz CT molecular complexity index is 727. The van der Waals surface area contributed by atoms with Crippen LogP contribution in [0.2, 0.25) is 0 Å². The Hall–Kier alpha value is -1.47. The lowest BCUT2D eigenvalue weighted by Crippen LogP contribution is -2.68. The van der Waals surface area contributed by atoms with Crippen molar-refractivity contribution in [1.82, 2.24) is 9.88 Å². The van der Waals surface area contributed by atoms with Crippen LogP contribution in [-0.4, -0.2) is 54.4 Å². The Morgan fingerprint density at radius 3 is 2.85 bits per heavy atom. The van der Waals surface area contributed by atoms with E-state index in [-0.39, 0.29) is 17.6 Å². The summed E-state index contributed by atoms with van der Waals surface area (Å²) in [6.45, 7) is 5.66. The van der Waals surface area contributed by atoms with Crippen molar-refractivity contribution < 1.29 is 17.9 Å². The Morgan fingerprint density at radius 2 is 2.19 bits per heavy atom. The lowest BCUT2D eigenvalue weighted by atomic mass is 9.83. The summed E-state index contributed by atoms with van der Waals surface area (Å²) in [6.07, 6.45) is 5.41. The van der Waals surface area contributed by atoms with Crippen LogP contribution in [0, 0.1) is 11.8 Å². The van der Waals surface area contributed by atoms with Crippen LogP contribution in [0.5, 0.6) is 0 Å². The standard InChI is InChI=1S/C19H28N2O4S/c1-15(2)5-6-18(22)21-13-19(14-21)17(7-9-26(19,23)24)12-25-11-16-4-3-8-20-10-16/h3-4,8,10,15,17H,5-7,9,11-14H2,1-2H3/t17-/m0/s1. The maximum Gasteiger partial charge on any atom is 0.222 e. The van der Waals surface area contributed by atoms with Gasteiger partial charge in [-0.3, -0.25) is 9.78 Å². The molecule has 1 spiro atoms. The van der Waals surface area contributed by atoms with Gasteiger partial charge >= 0.3 is 0 Å². The van der Waals surface area contributed by atoms with Crippen LogP contribution in [0.25, 0.3) is 0 Å². The first-order chi connectivity index (χ1) is 12.3. The van der Waals surface area contributed by atoms with Crippen molar-refractivity contribution in [2.24, 2.45) is 11.8 Å². The van der Waals surface area contributed by atoms with Crippen molar-refractivity contribution in [3.8, 4) is 0 Å². The number of amides is 1. The van der Waals surface area contributed by atoms with Crippen LogP contribution in [0.1, 0.15) is 38.7 Å². The summed E-state index contributed by atoms with van der Waals surface area (Å²) >= 11 is 0. The molecule has 6 nitrogen and oxygen atoms in total. The number of carbonyl (C=O) groups is 1. The fourth-order valence-corrected chi connectivity index (χ4v) is 6.26. The summed E-state index contributed by atoms with van der Waals surface area (Å²) in [4.78, 5) is 18.0. The van der Waals surface area contributed by atoms with Crippen LogP contribution < -0.4 is 0 Å². The van der Waals surface area contributed by atoms with Gasteiger partial charge in [0, 0.05) is 37.8 Å². The predicted octanol–water partition coefficient (Wildman–Crippen LogP) is 2.05. The fraction of sp³-hybridized carbons (Fsp3) is 0.684. The molecule has 0 bridgehead atoms. The van der Waals surface area contributed by atoms with Crippen LogP contribution in [-0.2, 0) is 26.0 Å². The third kappa shape index (κ3) is 3.78. The van der Waals surface area contributed by atoms with Gasteiger partial charge in [-0.25, -0.2) is 8.42 Å². The Labute approximate surface area is 155 Å². The third-order valence-corrected chi connectivity index (χ3v) is 8.22. The molecule has 2 fully saturated rings. The van der Waals surface area contributed by atoms with Crippen molar-refractivity contribution in [2.75, 3.05) is 25.4 Å². The molecule has 2 aliphatic heterocycles. The first kappa shape index (κ1) is 19.3. The quantitative estimate of drug-likeness (QED) is 0.724. The van der Waals surface area contributed by atoms with Crippen molar-refractivity contribution in [3.05, 3.63) is 30.1 Å². The van der Waals surface area contributed by atoms with E-state index in [0.29, 0.717) is 45.1 Å². The zero-order valence-corrected chi connectivity index (χ0v) is 16.4. The molecule has 1 aromatic rings. The van der Waals surface area contributed by atoms with Crippen LogP contribution in [0.4, 0.5) is 0 Å². The maximum absolute atomic E-state index is 12.6. The topological polar surface area (TPSA) is 76.6 Å². The van der Waals surface area contributed by atoms with E-state index in [1.807, 2.05) is 12.1 Å². The second kappa shape index (κ2) is 7.64. The Kier molecular flexibility index (Phi) is 5.67. The van der Waals surface area contributed by atoms with E-state index in [4.69, 9.17) is 4.74 Å². The molecule has 0 unspecified atom stereocenters. The number of carbonyl (C=O) groups excluding carboxylic acids is 1. The lowest BCUT2D eigenvalue weighted by Gasteiger charge is -2.50. The number of likely N-dealkylation sites (tertiary alicyclic amines) is 1. The molecule has 1 atom stereocenters. The smallest absolute Gasteiger partial charge is 0.222 e. The van der Waals surface area contributed by atoms with Crippen LogP contribution in [0.15, 0.2) is 24.5 Å². The molecule has 26 heavy (non-hydrogen) atoms. The zero-order valence-electron chi connectivity index (χ0n) is 15.6. The molecule has 2 saturated heterocycles. The largest absolute Gasteiger partial charge is 0.376 e. The van der Waals surface area contributed by atoms with Crippen LogP contribution >= 0.6 is 0 Å². The number of pyridine rings is 1. The molecule has 144 valence electrons. The van der Waals surface area contributed by atoms with E-state index in [2.05, 4.69) is 18.8 Å². The molecule has 7 heteroatoms. The zero-order chi connectivity index (χ0) is 18.8. The number of aromatic nitrogens is 1. The minimum absolute atomic E-state index is 0.0432. The molecule has 3 rings (SSSR count). The highest BCUT2D eigenvalue weighted by atomic mass is 32.2. The van der Waals surface area contributed by atoms with Crippen molar-refractivity contribution in [1.29, 1.82) is 0 Å². The average Bonchev–Trinajstić information content (AvgIpc) is 2.83. The molecule has 2 aliphatic rings. The minimum atomic E-state index is -3.18. The first-order valence-corrected chi connectivity index (χ1v) is 11.0. The number of rotatable bonds is 7. The second-order valence-electron chi connectivity index (χ2n) is 7.93. The highest BCUT2D eigenvalue weighted by Gasteiger charge is 2.62. The predicted molar refractivity (Wildman–Crippen MR) is 99.2 cm³/mol. The van der Waals surface area contributed by atoms with Crippen molar-refractivity contribution in [3.63, 3.8) is 0 Å². The number of sulfone groups is 1.